The van der Waals surface area contributed by atoms with Crippen LogP contribution in [0.5, 0.6) is 0 Å². The molecule has 3 aromatic rings. The highest BCUT2D eigenvalue weighted by Crippen LogP contribution is 2.21. The molecule has 0 aliphatic heterocycles. The standard InChI is InChI=1S/C19H26N6S2.HI/c1-3-16(17-8-6-12-27-17)23-19(21-13-15-7-5-11-26-15)20-9-10-25-14-22-24-18(25)4-2;/h5-8,11-12,14,16H,3-4,9-10,13H2,1-2H3,(H2,20,21,23);1H. The van der Waals surface area contributed by atoms with Gasteiger partial charge in [-0.05, 0) is 29.3 Å². The Kier molecular flexibility index (Phi) is 9.93. The number of hydrogen-bond donors (Lipinski definition) is 2. The smallest absolute Gasteiger partial charge is 0.192 e. The first-order valence-corrected chi connectivity index (χ1v) is 11.0. The summed E-state index contributed by atoms with van der Waals surface area (Å²) in [6.07, 6.45) is 3.68. The van der Waals surface area contributed by atoms with Gasteiger partial charge in [0, 0.05) is 29.3 Å². The monoisotopic (exact) mass is 530 g/mol. The molecule has 0 saturated heterocycles. The number of aromatic nitrogens is 3. The van der Waals surface area contributed by atoms with Crippen LogP contribution in [0.15, 0.2) is 46.3 Å². The summed E-state index contributed by atoms with van der Waals surface area (Å²) in [7, 11) is 0. The minimum Gasteiger partial charge on any atom is -0.355 e. The number of nitrogens with zero attached hydrogens (tertiary/aromatic N) is 4. The summed E-state index contributed by atoms with van der Waals surface area (Å²) in [6, 6.07) is 8.72. The van der Waals surface area contributed by atoms with Crippen LogP contribution in [-0.4, -0.2) is 27.3 Å². The molecular formula is C19H27IN6S2. The van der Waals surface area contributed by atoms with E-state index >= 15 is 0 Å². The Balaban J connectivity index is 0.00000280. The SMILES string of the molecule is CCc1nncn1CCNC(=NCc1cccs1)NC(CC)c1cccs1.I. The van der Waals surface area contributed by atoms with Crippen LogP contribution in [0.2, 0.25) is 0 Å². The number of halogens is 1. The molecule has 0 radical (unpaired) electrons. The molecule has 2 N–H and O–H groups in total. The first-order valence-electron chi connectivity index (χ1n) is 9.27. The van der Waals surface area contributed by atoms with E-state index in [2.05, 4.69) is 74.3 Å². The van der Waals surface area contributed by atoms with Crippen molar-refractivity contribution in [3.05, 3.63) is 56.9 Å². The molecule has 1 atom stereocenters. The van der Waals surface area contributed by atoms with E-state index in [0.717, 1.165) is 37.7 Å². The van der Waals surface area contributed by atoms with Gasteiger partial charge in [-0.25, -0.2) is 4.99 Å². The minimum atomic E-state index is 0. The molecule has 0 bridgehead atoms. The topological polar surface area (TPSA) is 67.1 Å². The molecule has 0 aliphatic carbocycles. The fourth-order valence-corrected chi connectivity index (χ4v) is 4.26. The molecule has 9 heteroatoms. The van der Waals surface area contributed by atoms with Crippen LogP contribution >= 0.6 is 46.7 Å². The first kappa shape index (κ1) is 22.8. The van der Waals surface area contributed by atoms with Gasteiger partial charge in [0.05, 0.1) is 12.6 Å². The highest BCUT2D eigenvalue weighted by molar-refractivity contribution is 14.0. The third-order valence-corrected chi connectivity index (χ3v) is 6.08. The number of thiophene rings is 2. The zero-order valence-corrected chi connectivity index (χ0v) is 20.1. The zero-order chi connectivity index (χ0) is 18.9. The van der Waals surface area contributed by atoms with Crippen LogP contribution in [0.1, 0.15) is 41.9 Å². The highest BCUT2D eigenvalue weighted by atomic mass is 127. The Hall–Kier alpha value is -1.46. The molecular weight excluding hydrogens is 503 g/mol. The van der Waals surface area contributed by atoms with Crippen LogP contribution in [-0.2, 0) is 19.5 Å². The molecule has 0 aromatic carbocycles. The van der Waals surface area contributed by atoms with Gasteiger partial charge < -0.3 is 15.2 Å². The summed E-state index contributed by atoms with van der Waals surface area (Å²) in [6.45, 7) is 6.55. The molecule has 28 heavy (non-hydrogen) atoms. The maximum absolute atomic E-state index is 4.79. The largest absolute Gasteiger partial charge is 0.355 e. The maximum atomic E-state index is 4.79. The van der Waals surface area contributed by atoms with Crippen molar-refractivity contribution in [2.24, 2.45) is 4.99 Å². The predicted molar refractivity (Wildman–Crippen MR) is 129 cm³/mol. The van der Waals surface area contributed by atoms with Gasteiger partial charge in [-0.2, -0.15) is 0 Å². The molecule has 1 unspecified atom stereocenters. The zero-order valence-electron chi connectivity index (χ0n) is 16.2. The van der Waals surface area contributed by atoms with Crippen molar-refractivity contribution in [2.75, 3.05) is 6.54 Å². The fourth-order valence-electron chi connectivity index (χ4n) is 2.78. The summed E-state index contributed by atoms with van der Waals surface area (Å²) in [5, 5.41) is 19.4. The molecule has 6 nitrogen and oxygen atoms in total. The van der Waals surface area contributed by atoms with Crippen LogP contribution < -0.4 is 10.6 Å². The van der Waals surface area contributed by atoms with Gasteiger partial charge in [0.15, 0.2) is 5.96 Å². The van der Waals surface area contributed by atoms with Crippen LogP contribution in [0.25, 0.3) is 0 Å². The van der Waals surface area contributed by atoms with Crippen molar-refractivity contribution in [2.45, 2.75) is 45.8 Å². The van der Waals surface area contributed by atoms with Crippen LogP contribution in [0.3, 0.4) is 0 Å². The summed E-state index contributed by atoms with van der Waals surface area (Å²) in [4.78, 5) is 7.38. The Morgan fingerprint density at radius 3 is 2.71 bits per heavy atom. The Labute approximate surface area is 191 Å². The van der Waals surface area contributed by atoms with Gasteiger partial charge in [-0.3, -0.25) is 0 Å². The number of nitrogens with one attached hydrogen (secondary N) is 2. The molecule has 0 spiro atoms. The van der Waals surface area contributed by atoms with Gasteiger partial charge in [0.25, 0.3) is 0 Å². The quantitative estimate of drug-likeness (QED) is 0.244. The molecule has 3 heterocycles. The molecule has 0 amide bonds. The second-order valence-corrected chi connectivity index (χ2v) is 8.10. The first-order chi connectivity index (χ1) is 13.3. The predicted octanol–water partition coefficient (Wildman–Crippen LogP) is 4.47. The molecule has 3 rings (SSSR count). The van der Waals surface area contributed by atoms with E-state index in [1.807, 2.05) is 0 Å². The third-order valence-electron chi connectivity index (χ3n) is 4.24. The summed E-state index contributed by atoms with van der Waals surface area (Å²) in [5.74, 6) is 1.85. The second-order valence-electron chi connectivity index (χ2n) is 6.09. The Morgan fingerprint density at radius 2 is 2.04 bits per heavy atom. The molecule has 152 valence electrons. The van der Waals surface area contributed by atoms with E-state index in [4.69, 9.17) is 4.99 Å². The second kappa shape index (κ2) is 12.2. The molecule has 0 saturated carbocycles. The van der Waals surface area contributed by atoms with Crippen molar-refractivity contribution in [3.8, 4) is 0 Å². The lowest BCUT2D eigenvalue weighted by Gasteiger charge is -2.20. The van der Waals surface area contributed by atoms with Crippen LogP contribution in [0, 0.1) is 0 Å². The lowest BCUT2D eigenvalue weighted by molar-refractivity contribution is 0.595. The Morgan fingerprint density at radius 1 is 1.21 bits per heavy atom. The third kappa shape index (κ3) is 6.56. The molecule has 0 fully saturated rings. The van der Waals surface area contributed by atoms with Crippen molar-refractivity contribution < 1.29 is 0 Å². The van der Waals surface area contributed by atoms with Gasteiger partial charge in [0.2, 0.25) is 0 Å². The minimum absolute atomic E-state index is 0. The van der Waals surface area contributed by atoms with Gasteiger partial charge in [0.1, 0.15) is 12.2 Å². The number of aliphatic imine (C=N–C) groups is 1. The van der Waals surface area contributed by atoms with E-state index in [1.165, 1.54) is 9.75 Å². The fraction of sp³-hybridized carbons (Fsp3) is 0.421. The number of aryl methyl sites for hydroxylation is 1. The van der Waals surface area contributed by atoms with Crippen molar-refractivity contribution in [1.82, 2.24) is 25.4 Å². The Bertz CT molecular complexity index is 813. The van der Waals surface area contributed by atoms with E-state index in [1.54, 1.807) is 29.0 Å². The summed E-state index contributed by atoms with van der Waals surface area (Å²) >= 11 is 3.51. The van der Waals surface area contributed by atoms with E-state index in [0.29, 0.717) is 6.54 Å². The number of guanidine groups is 1. The van der Waals surface area contributed by atoms with Crippen molar-refractivity contribution >= 4 is 52.6 Å². The average molecular weight is 531 g/mol. The number of hydrogen-bond acceptors (Lipinski definition) is 5. The van der Waals surface area contributed by atoms with Gasteiger partial charge in [-0.1, -0.05) is 26.0 Å². The lowest BCUT2D eigenvalue weighted by atomic mass is 10.2. The van der Waals surface area contributed by atoms with Gasteiger partial charge in [-0.15, -0.1) is 56.8 Å². The van der Waals surface area contributed by atoms with E-state index in [9.17, 15) is 0 Å². The van der Waals surface area contributed by atoms with Crippen molar-refractivity contribution in [1.29, 1.82) is 0 Å². The van der Waals surface area contributed by atoms with Crippen LogP contribution in [0.4, 0.5) is 0 Å². The van der Waals surface area contributed by atoms with E-state index < -0.39 is 0 Å². The molecule has 0 aliphatic rings. The number of rotatable bonds is 9. The molecule has 3 aromatic heterocycles. The van der Waals surface area contributed by atoms with Gasteiger partial charge >= 0.3 is 0 Å². The average Bonchev–Trinajstić information content (AvgIpc) is 3.45. The highest BCUT2D eigenvalue weighted by Gasteiger charge is 2.12. The van der Waals surface area contributed by atoms with Crippen molar-refractivity contribution in [3.63, 3.8) is 0 Å². The van der Waals surface area contributed by atoms with E-state index in [-0.39, 0.29) is 30.0 Å². The summed E-state index contributed by atoms with van der Waals surface area (Å²) in [5.41, 5.74) is 0. The lowest BCUT2D eigenvalue weighted by Crippen LogP contribution is -2.40. The normalized spacial score (nSPS) is 12.4. The maximum Gasteiger partial charge on any atom is 0.192 e. The summed E-state index contributed by atoms with van der Waals surface area (Å²) < 4.78 is 2.08.